The fourth-order valence-electron chi connectivity index (χ4n) is 2.87. The number of thioether (sulfide) groups is 1. The van der Waals surface area contributed by atoms with Crippen molar-refractivity contribution in [3.8, 4) is 17.2 Å². The average molecular weight is 411 g/mol. The number of amides is 1. The molecule has 1 unspecified atom stereocenters. The van der Waals surface area contributed by atoms with Crippen molar-refractivity contribution in [2.24, 2.45) is 0 Å². The summed E-state index contributed by atoms with van der Waals surface area (Å²) in [5.41, 5.74) is 4.17. The zero-order valence-electron chi connectivity index (χ0n) is 16.4. The fourth-order valence-corrected chi connectivity index (χ4v) is 3.70. The van der Waals surface area contributed by atoms with Crippen LogP contribution in [0.4, 0.5) is 0 Å². The van der Waals surface area contributed by atoms with E-state index >= 15 is 0 Å². The number of nitrogens with one attached hydrogen (secondary N) is 1. The molecule has 2 aromatic carbocycles. The van der Waals surface area contributed by atoms with Crippen molar-refractivity contribution in [1.29, 1.82) is 0 Å². The summed E-state index contributed by atoms with van der Waals surface area (Å²) in [6, 6.07) is 11.7. The predicted octanol–water partition coefficient (Wildman–Crippen LogP) is 2.80. The van der Waals surface area contributed by atoms with Gasteiger partial charge in [0.1, 0.15) is 0 Å². The van der Waals surface area contributed by atoms with E-state index < -0.39 is 0 Å². The third kappa shape index (κ3) is 4.19. The van der Waals surface area contributed by atoms with Crippen LogP contribution in [0.1, 0.15) is 23.6 Å². The van der Waals surface area contributed by atoms with Gasteiger partial charge < -0.3 is 14.8 Å². The van der Waals surface area contributed by atoms with Crippen LogP contribution < -0.4 is 14.8 Å². The molecule has 0 fully saturated rings. The van der Waals surface area contributed by atoms with Crippen LogP contribution in [0, 0.1) is 13.8 Å². The Balaban J connectivity index is 1.39. The molecule has 0 aliphatic carbocycles. The van der Waals surface area contributed by atoms with E-state index in [4.69, 9.17) is 9.47 Å². The molecule has 1 amide bonds. The number of hydrogen-bond acceptors (Lipinski definition) is 7. The molecule has 0 saturated carbocycles. The molecule has 1 atom stereocenters. The quantitative estimate of drug-likeness (QED) is 0.624. The Morgan fingerprint density at radius 3 is 2.83 bits per heavy atom. The van der Waals surface area contributed by atoms with Crippen molar-refractivity contribution in [1.82, 2.24) is 25.5 Å². The first-order chi connectivity index (χ1) is 14.0. The topological polar surface area (TPSA) is 91.2 Å². The van der Waals surface area contributed by atoms with E-state index in [0.29, 0.717) is 17.5 Å². The van der Waals surface area contributed by atoms with E-state index in [0.717, 1.165) is 22.6 Å². The number of fused-ring (bicyclic) bond motifs is 1. The molecule has 0 radical (unpaired) electrons. The van der Waals surface area contributed by atoms with E-state index in [9.17, 15) is 4.79 Å². The average Bonchev–Trinajstić information content (AvgIpc) is 3.37. The van der Waals surface area contributed by atoms with Crippen molar-refractivity contribution in [3.05, 3.63) is 53.1 Å². The summed E-state index contributed by atoms with van der Waals surface area (Å²) < 4.78 is 12.3. The maximum absolute atomic E-state index is 12.6. The van der Waals surface area contributed by atoms with Gasteiger partial charge in [0.2, 0.25) is 17.9 Å². The summed E-state index contributed by atoms with van der Waals surface area (Å²) in [4.78, 5) is 12.6. The third-order valence-corrected chi connectivity index (χ3v) is 5.76. The molecule has 1 N–H and O–H groups in total. The number of nitrogens with zero attached hydrogens (tertiary/aromatic N) is 4. The molecule has 150 valence electrons. The fraction of sp³-hybridized carbons (Fsp3) is 0.300. The van der Waals surface area contributed by atoms with Crippen molar-refractivity contribution >= 4 is 17.7 Å². The number of carbonyl (C=O) groups excluding carboxylic acids is 1. The molecule has 1 aromatic heterocycles. The van der Waals surface area contributed by atoms with Gasteiger partial charge in [-0.15, -0.1) is 5.10 Å². The number of hydrogen-bond donors (Lipinski definition) is 1. The zero-order chi connectivity index (χ0) is 20.4. The normalized spacial score (nSPS) is 13.3. The van der Waals surface area contributed by atoms with Crippen LogP contribution in [-0.2, 0) is 11.3 Å². The lowest BCUT2D eigenvalue weighted by atomic mass is 10.1. The van der Waals surface area contributed by atoms with Gasteiger partial charge in [0, 0.05) is 6.54 Å². The van der Waals surface area contributed by atoms with Gasteiger partial charge in [-0.2, -0.15) is 4.68 Å². The summed E-state index contributed by atoms with van der Waals surface area (Å²) in [7, 11) is 0. The van der Waals surface area contributed by atoms with Gasteiger partial charge in [-0.05, 0) is 72.2 Å². The highest BCUT2D eigenvalue weighted by molar-refractivity contribution is 8.00. The van der Waals surface area contributed by atoms with E-state index in [1.807, 2.05) is 50.2 Å². The van der Waals surface area contributed by atoms with Gasteiger partial charge in [0.25, 0.3) is 0 Å². The van der Waals surface area contributed by atoms with Crippen LogP contribution in [-0.4, -0.2) is 38.2 Å². The Labute approximate surface area is 172 Å². The minimum absolute atomic E-state index is 0.0951. The maximum Gasteiger partial charge on any atom is 0.233 e. The first-order valence-corrected chi connectivity index (χ1v) is 10.1. The van der Waals surface area contributed by atoms with Gasteiger partial charge in [0.05, 0.1) is 10.9 Å². The van der Waals surface area contributed by atoms with Crippen LogP contribution in [0.3, 0.4) is 0 Å². The van der Waals surface area contributed by atoms with Crippen molar-refractivity contribution < 1.29 is 14.3 Å². The molecule has 0 saturated heterocycles. The highest BCUT2D eigenvalue weighted by atomic mass is 32.2. The lowest BCUT2D eigenvalue weighted by Gasteiger charge is -2.12. The lowest BCUT2D eigenvalue weighted by Crippen LogP contribution is -2.30. The molecule has 1 aliphatic rings. The van der Waals surface area contributed by atoms with Crippen LogP contribution in [0.2, 0.25) is 0 Å². The number of ether oxygens (including phenoxy) is 2. The second-order valence-electron chi connectivity index (χ2n) is 6.81. The second kappa shape index (κ2) is 8.12. The van der Waals surface area contributed by atoms with Crippen LogP contribution in [0.5, 0.6) is 11.5 Å². The Morgan fingerprint density at radius 2 is 2.00 bits per heavy atom. The maximum atomic E-state index is 12.6. The Hall–Kier alpha value is -3.07. The number of aryl methyl sites for hydroxylation is 2. The molecule has 29 heavy (non-hydrogen) atoms. The van der Waals surface area contributed by atoms with Crippen molar-refractivity contribution in [3.63, 3.8) is 0 Å². The number of carbonyl (C=O) groups is 1. The number of tetrazole rings is 1. The number of aromatic nitrogens is 4. The van der Waals surface area contributed by atoms with Crippen molar-refractivity contribution in [2.45, 2.75) is 37.7 Å². The molecule has 2 heterocycles. The first kappa shape index (κ1) is 19.3. The Bertz CT molecular complexity index is 1050. The molecular weight excluding hydrogens is 390 g/mol. The smallest absolute Gasteiger partial charge is 0.233 e. The largest absolute Gasteiger partial charge is 0.454 e. The number of benzene rings is 2. The summed E-state index contributed by atoms with van der Waals surface area (Å²) in [5.74, 6) is 1.33. The summed E-state index contributed by atoms with van der Waals surface area (Å²) in [5, 5.41) is 15.1. The van der Waals surface area contributed by atoms with Gasteiger partial charge in [-0.25, -0.2) is 0 Å². The van der Waals surface area contributed by atoms with Gasteiger partial charge >= 0.3 is 0 Å². The number of rotatable bonds is 6. The molecule has 3 aromatic rings. The van der Waals surface area contributed by atoms with E-state index in [1.54, 1.807) is 4.68 Å². The predicted molar refractivity (Wildman–Crippen MR) is 108 cm³/mol. The highest BCUT2D eigenvalue weighted by Gasteiger charge is 2.20. The molecule has 9 heteroatoms. The summed E-state index contributed by atoms with van der Waals surface area (Å²) in [6.07, 6.45) is 0. The summed E-state index contributed by atoms with van der Waals surface area (Å²) in [6.45, 7) is 6.57. The zero-order valence-corrected chi connectivity index (χ0v) is 17.2. The molecule has 1 aliphatic heterocycles. The molecule has 4 rings (SSSR count). The minimum atomic E-state index is -0.361. The van der Waals surface area contributed by atoms with Gasteiger partial charge in [-0.1, -0.05) is 23.9 Å². The second-order valence-corrected chi connectivity index (χ2v) is 8.12. The molecular formula is C20H21N5O3S. The molecule has 0 spiro atoms. The monoisotopic (exact) mass is 411 g/mol. The standard InChI is InChI=1S/C20H21N5O3S/c1-12-4-6-16(8-13(12)2)25-20(22-23-24-25)29-14(3)19(26)21-10-15-5-7-17-18(9-15)28-11-27-17/h4-9,14H,10-11H2,1-3H3,(H,21,26). The van der Waals surface area contributed by atoms with Crippen LogP contribution >= 0.6 is 11.8 Å². The van der Waals surface area contributed by atoms with E-state index in [-0.39, 0.29) is 18.0 Å². The van der Waals surface area contributed by atoms with E-state index in [1.165, 1.54) is 17.3 Å². The molecule has 0 bridgehead atoms. The van der Waals surface area contributed by atoms with Crippen LogP contribution in [0.15, 0.2) is 41.6 Å². The first-order valence-electron chi connectivity index (χ1n) is 9.20. The molecule has 8 nitrogen and oxygen atoms in total. The lowest BCUT2D eigenvalue weighted by molar-refractivity contribution is -0.120. The summed E-state index contributed by atoms with van der Waals surface area (Å²) >= 11 is 1.32. The Morgan fingerprint density at radius 1 is 1.17 bits per heavy atom. The third-order valence-electron chi connectivity index (χ3n) is 4.73. The van der Waals surface area contributed by atoms with Crippen LogP contribution in [0.25, 0.3) is 5.69 Å². The van der Waals surface area contributed by atoms with Gasteiger partial charge in [-0.3, -0.25) is 4.79 Å². The van der Waals surface area contributed by atoms with Crippen molar-refractivity contribution in [2.75, 3.05) is 6.79 Å². The SMILES string of the molecule is Cc1ccc(-n2nnnc2SC(C)C(=O)NCc2ccc3c(c2)OCO3)cc1C. The Kier molecular flexibility index (Phi) is 5.39. The van der Waals surface area contributed by atoms with E-state index in [2.05, 4.69) is 27.8 Å². The highest BCUT2D eigenvalue weighted by Crippen LogP contribution is 2.32. The minimum Gasteiger partial charge on any atom is -0.454 e. The van der Waals surface area contributed by atoms with Gasteiger partial charge in [0.15, 0.2) is 11.5 Å².